The quantitative estimate of drug-likeness (QED) is 0.899. The van der Waals surface area contributed by atoms with Crippen molar-refractivity contribution >= 4 is 17.5 Å². The predicted molar refractivity (Wildman–Crippen MR) is 95.6 cm³/mol. The third-order valence-electron chi connectivity index (χ3n) is 5.34. The van der Waals surface area contributed by atoms with Crippen LogP contribution in [-0.2, 0) is 0 Å². The van der Waals surface area contributed by atoms with Crippen molar-refractivity contribution in [3.05, 3.63) is 16.4 Å². The van der Waals surface area contributed by atoms with Crippen molar-refractivity contribution in [3.63, 3.8) is 0 Å². The molecule has 0 aromatic carbocycles. The minimum absolute atomic E-state index is 0.0209. The largest absolute Gasteiger partial charge is 0.334 e. The highest BCUT2D eigenvalue weighted by molar-refractivity contribution is 6.34. The van der Waals surface area contributed by atoms with Crippen LogP contribution in [-0.4, -0.2) is 83.2 Å². The number of hydrogen-bond acceptors (Lipinski definition) is 4. The average molecular weight is 354 g/mol. The lowest BCUT2D eigenvalue weighted by atomic mass is 9.98. The number of aromatic amines is 1. The topological polar surface area (TPSA) is 55.5 Å². The monoisotopic (exact) mass is 353 g/mol. The molecule has 1 aromatic heterocycles. The van der Waals surface area contributed by atoms with Gasteiger partial charge in [0.25, 0.3) is 5.91 Å². The Morgan fingerprint density at radius 1 is 1.25 bits per heavy atom. The molecule has 24 heavy (non-hydrogen) atoms. The van der Waals surface area contributed by atoms with E-state index in [1.165, 1.54) is 6.42 Å². The molecule has 2 fully saturated rings. The van der Waals surface area contributed by atoms with E-state index in [-0.39, 0.29) is 5.91 Å². The maximum atomic E-state index is 12.9. The van der Waals surface area contributed by atoms with E-state index in [0.29, 0.717) is 16.8 Å². The normalized spacial score (nSPS) is 23.6. The highest BCUT2D eigenvalue weighted by Gasteiger charge is 2.30. The van der Waals surface area contributed by atoms with Gasteiger partial charge in [-0.15, -0.1) is 0 Å². The van der Waals surface area contributed by atoms with Crippen molar-refractivity contribution in [1.29, 1.82) is 0 Å². The fourth-order valence-corrected chi connectivity index (χ4v) is 3.83. The number of likely N-dealkylation sites (tertiary alicyclic amines) is 1. The van der Waals surface area contributed by atoms with E-state index >= 15 is 0 Å². The summed E-state index contributed by atoms with van der Waals surface area (Å²) in [5.41, 5.74) is 1.13. The number of likely N-dealkylation sites (N-methyl/N-ethyl adjacent to an activating group) is 1. The van der Waals surface area contributed by atoms with Crippen molar-refractivity contribution < 1.29 is 4.79 Å². The number of carbonyl (C=O) groups is 1. The van der Waals surface area contributed by atoms with Crippen LogP contribution in [0.5, 0.6) is 0 Å². The maximum Gasteiger partial charge on any atom is 0.276 e. The molecule has 7 heteroatoms. The van der Waals surface area contributed by atoms with E-state index in [9.17, 15) is 4.79 Å². The molecular formula is C17H28ClN5O. The first kappa shape index (κ1) is 17.7. The van der Waals surface area contributed by atoms with Gasteiger partial charge in [0.15, 0.2) is 5.69 Å². The molecule has 1 aromatic rings. The molecule has 3 heterocycles. The van der Waals surface area contributed by atoms with E-state index in [4.69, 9.17) is 11.6 Å². The number of piperazine rings is 1. The summed E-state index contributed by atoms with van der Waals surface area (Å²) in [5.74, 6) is -0.0209. The summed E-state index contributed by atoms with van der Waals surface area (Å²) < 4.78 is 0. The maximum absolute atomic E-state index is 12.9. The molecular weight excluding hydrogens is 326 g/mol. The fourth-order valence-electron chi connectivity index (χ4n) is 3.66. The summed E-state index contributed by atoms with van der Waals surface area (Å²) in [7, 11) is 2.18. The summed E-state index contributed by atoms with van der Waals surface area (Å²) in [6.07, 6.45) is 4.39. The number of carbonyl (C=O) groups excluding carboxylic acids is 1. The van der Waals surface area contributed by atoms with E-state index in [1.807, 2.05) is 11.8 Å². The van der Waals surface area contributed by atoms with Gasteiger partial charge in [-0.1, -0.05) is 11.6 Å². The Morgan fingerprint density at radius 3 is 2.67 bits per heavy atom. The van der Waals surface area contributed by atoms with Crippen LogP contribution in [0.15, 0.2) is 0 Å². The molecule has 2 aliphatic heterocycles. The van der Waals surface area contributed by atoms with Crippen molar-refractivity contribution in [3.8, 4) is 0 Å². The molecule has 0 radical (unpaired) electrons. The van der Waals surface area contributed by atoms with Crippen molar-refractivity contribution in [2.45, 2.75) is 38.6 Å². The molecule has 2 saturated heterocycles. The van der Waals surface area contributed by atoms with E-state index in [2.05, 4.69) is 27.0 Å². The number of H-pyrrole nitrogens is 1. The van der Waals surface area contributed by atoms with Gasteiger partial charge >= 0.3 is 0 Å². The molecule has 2 aliphatic rings. The second-order valence-corrected chi connectivity index (χ2v) is 7.47. The lowest BCUT2D eigenvalue weighted by Gasteiger charge is -2.38. The Bertz CT molecular complexity index is 567. The van der Waals surface area contributed by atoms with Gasteiger partial charge in [-0.2, -0.15) is 5.10 Å². The summed E-state index contributed by atoms with van der Waals surface area (Å²) >= 11 is 6.23. The van der Waals surface area contributed by atoms with E-state index < -0.39 is 0 Å². The minimum Gasteiger partial charge on any atom is -0.334 e. The molecule has 134 valence electrons. The van der Waals surface area contributed by atoms with Gasteiger partial charge < -0.3 is 14.7 Å². The summed E-state index contributed by atoms with van der Waals surface area (Å²) in [6, 6.07) is 0.305. The number of halogens is 1. The van der Waals surface area contributed by atoms with Crippen molar-refractivity contribution in [1.82, 2.24) is 24.9 Å². The van der Waals surface area contributed by atoms with E-state index in [0.717, 1.165) is 64.2 Å². The van der Waals surface area contributed by atoms with Gasteiger partial charge in [-0.3, -0.25) is 9.89 Å². The SMILES string of the molecule is Cc1[nH]nc(C(=O)N2CCCC[C@@H]2CCN2CCN(C)CC2)c1Cl. The number of aryl methyl sites for hydroxylation is 1. The molecule has 0 saturated carbocycles. The molecule has 6 nitrogen and oxygen atoms in total. The number of nitrogens with zero attached hydrogens (tertiary/aromatic N) is 4. The Labute approximate surface area is 149 Å². The van der Waals surface area contributed by atoms with Crippen LogP contribution in [0.25, 0.3) is 0 Å². The van der Waals surface area contributed by atoms with Crippen molar-refractivity contribution in [2.75, 3.05) is 46.3 Å². The minimum atomic E-state index is -0.0209. The number of piperidine rings is 1. The van der Waals surface area contributed by atoms with Gasteiger partial charge in [0.05, 0.1) is 10.7 Å². The number of amides is 1. The van der Waals surface area contributed by atoms with E-state index in [1.54, 1.807) is 0 Å². The first-order chi connectivity index (χ1) is 11.6. The summed E-state index contributed by atoms with van der Waals surface area (Å²) in [6.45, 7) is 8.24. The van der Waals surface area contributed by atoms with Gasteiger partial charge in [0.1, 0.15) is 0 Å². The predicted octanol–water partition coefficient (Wildman–Crippen LogP) is 2.00. The second kappa shape index (κ2) is 7.85. The smallest absolute Gasteiger partial charge is 0.276 e. The third-order valence-corrected chi connectivity index (χ3v) is 5.80. The summed E-state index contributed by atoms with van der Waals surface area (Å²) in [5, 5.41) is 7.40. The number of hydrogen-bond donors (Lipinski definition) is 1. The standard InChI is InChI=1S/C17H28ClN5O/c1-13-15(18)16(20-19-13)17(24)23-7-4-3-5-14(23)6-8-22-11-9-21(2)10-12-22/h14H,3-12H2,1-2H3,(H,19,20)/t14-/m1/s1. The molecule has 1 amide bonds. The number of aromatic nitrogens is 2. The van der Waals surface area contributed by atoms with Crippen LogP contribution in [0.1, 0.15) is 41.9 Å². The molecule has 0 unspecified atom stereocenters. The lowest BCUT2D eigenvalue weighted by Crippen LogP contribution is -2.48. The highest BCUT2D eigenvalue weighted by Crippen LogP contribution is 2.25. The first-order valence-corrected chi connectivity index (χ1v) is 9.36. The first-order valence-electron chi connectivity index (χ1n) is 8.98. The summed E-state index contributed by atoms with van der Waals surface area (Å²) in [4.78, 5) is 19.8. The molecule has 3 rings (SSSR count). The Morgan fingerprint density at radius 2 is 2.00 bits per heavy atom. The lowest BCUT2D eigenvalue weighted by molar-refractivity contribution is 0.0564. The zero-order chi connectivity index (χ0) is 17.1. The van der Waals surface area contributed by atoms with Crippen LogP contribution in [0.4, 0.5) is 0 Å². The molecule has 1 atom stereocenters. The Kier molecular flexibility index (Phi) is 5.79. The van der Waals surface area contributed by atoms with Gasteiger partial charge in [0, 0.05) is 45.3 Å². The molecule has 1 N–H and O–H groups in total. The van der Waals surface area contributed by atoms with Crippen LogP contribution in [0.3, 0.4) is 0 Å². The molecule has 0 spiro atoms. The van der Waals surface area contributed by atoms with Gasteiger partial charge in [0.2, 0.25) is 0 Å². The Hall–Kier alpha value is -1.11. The van der Waals surface area contributed by atoms with Gasteiger partial charge in [-0.25, -0.2) is 0 Å². The zero-order valence-corrected chi connectivity index (χ0v) is 15.5. The number of rotatable bonds is 4. The van der Waals surface area contributed by atoms with Gasteiger partial charge in [-0.05, 0) is 39.7 Å². The zero-order valence-electron chi connectivity index (χ0n) is 14.7. The van der Waals surface area contributed by atoms with Crippen LogP contribution in [0, 0.1) is 6.92 Å². The number of nitrogens with one attached hydrogen (secondary N) is 1. The average Bonchev–Trinajstić information content (AvgIpc) is 2.93. The van der Waals surface area contributed by atoms with Crippen LogP contribution < -0.4 is 0 Å². The van der Waals surface area contributed by atoms with Crippen LogP contribution in [0.2, 0.25) is 5.02 Å². The van der Waals surface area contributed by atoms with Crippen molar-refractivity contribution in [2.24, 2.45) is 0 Å². The second-order valence-electron chi connectivity index (χ2n) is 7.09. The Balaban J connectivity index is 1.61. The fraction of sp³-hybridized carbons (Fsp3) is 0.765. The third kappa shape index (κ3) is 3.92. The molecule has 0 bridgehead atoms. The molecule has 0 aliphatic carbocycles. The van der Waals surface area contributed by atoms with Crippen LogP contribution >= 0.6 is 11.6 Å². The highest BCUT2D eigenvalue weighted by atomic mass is 35.5.